The van der Waals surface area contributed by atoms with Gasteiger partial charge in [-0.3, -0.25) is 9.29 Å². The maximum absolute atomic E-state index is 12.4. The number of nitrogens with zero attached hydrogens (tertiary/aromatic N) is 4. The van der Waals surface area contributed by atoms with E-state index in [-0.39, 0.29) is 4.90 Å². The molecule has 4 aromatic rings. The van der Waals surface area contributed by atoms with Gasteiger partial charge in [0.2, 0.25) is 5.88 Å². The maximum Gasteiger partial charge on any atom is 0.261 e. The zero-order chi connectivity index (χ0) is 21.1. The zero-order valence-corrected chi connectivity index (χ0v) is 17.2. The molecule has 1 N–H and O–H groups in total. The topological polar surface area (TPSA) is 99.0 Å². The molecule has 0 saturated heterocycles. The monoisotopic (exact) mass is 421 g/mol. The second kappa shape index (κ2) is 7.96. The summed E-state index contributed by atoms with van der Waals surface area (Å²) in [5.41, 5.74) is 0.430. The van der Waals surface area contributed by atoms with Crippen LogP contribution >= 0.6 is 0 Å². The Bertz CT molecular complexity index is 1270. The van der Waals surface area contributed by atoms with Gasteiger partial charge >= 0.3 is 0 Å². The predicted octanol–water partition coefficient (Wildman–Crippen LogP) is 3.87. The van der Waals surface area contributed by atoms with Crippen LogP contribution in [0.25, 0.3) is 5.82 Å². The normalized spacial score (nSPS) is 11.3. The largest absolute Gasteiger partial charge is 0.439 e. The van der Waals surface area contributed by atoms with Crippen LogP contribution in [0.1, 0.15) is 11.6 Å². The number of hydrogen-bond donors (Lipinski definition) is 1. The van der Waals surface area contributed by atoms with Crippen molar-refractivity contribution in [2.75, 3.05) is 4.72 Å². The molecule has 9 heteroatoms. The van der Waals surface area contributed by atoms with E-state index < -0.39 is 10.0 Å². The van der Waals surface area contributed by atoms with Crippen LogP contribution in [0, 0.1) is 13.8 Å². The van der Waals surface area contributed by atoms with Crippen LogP contribution in [0.3, 0.4) is 0 Å². The van der Waals surface area contributed by atoms with Crippen LogP contribution in [0.2, 0.25) is 0 Å². The van der Waals surface area contributed by atoms with E-state index in [1.807, 2.05) is 17.7 Å². The molecule has 0 fully saturated rings. The van der Waals surface area contributed by atoms with E-state index >= 15 is 0 Å². The van der Waals surface area contributed by atoms with Crippen molar-refractivity contribution in [1.29, 1.82) is 0 Å². The molecule has 0 spiro atoms. The summed E-state index contributed by atoms with van der Waals surface area (Å²) >= 11 is 0. The van der Waals surface area contributed by atoms with Crippen molar-refractivity contribution in [1.82, 2.24) is 19.5 Å². The molecule has 0 aliphatic carbocycles. The first kappa shape index (κ1) is 19.6. The molecule has 0 unspecified atom stereocenters. The summed E-state index contributed by atoms with van der Waals surface area (Å²) < 4.78 is 35.1. The summed E-state index contributed by atoms with van der Waals surface area (Å²) in [6, 6.07) is 16.5. The summed E-state index contributed by atoms with van der Waals surface area (Å²) in [6.07, 6.45) is 3.51. The zero-order valence-electron chi connectivity index (χ0n) is 16.4. The third-order valence-corrected chi connectivity index (χ3v) is 5.65. The van der Waals surface area contributed by atoms with Gasteiger partial charge < -0.3 is 4.74 Å². The highest BCUT2D eigenvalue weighted by atomic mass is 32.2. The predicted molar refractivity (Wildman–Crippen MR) is 112 cm³/mol. The van der Waals surface area contributed by atoms with Crippen LogP contribution in [-0.2, 0) is 10.0 Å². The molecule has 0 saturated carbocycles. The lowest BCUT2D eigenvalue weighted by Gasteiger charge is -2.11. The lowest BCUT2D eigenvalue weighted by atomic mass is 10.3. The minimum absolute atomic E-state index is 0.198. The fourth-order valence-electron chi connectivity index (χ4n) is 2.85. The number of aromatic nitrogens is 4. The summed E-state index contributed by atoms with van der Waals surface area (Å²) in [6.45, 7) is 3.66. The molecule has 8 nitrogen and oxygen atoms in total. The van der Waals surface area contributed by atoms with Gasteiger partial charge in [0.05, 0.1) is 4.90 Å². The van der Waals surface area contributed by atoms with Gasteiger partial charge in [-0.2, -0.15) is 4.98 Å². The lowest BCUT2D eigenvalue weighted by Crippen LogP contribution is -2.12. The van der Waals surface area contributed by atoms with E-state index in [0.717, 1.165) is 5.82 Å². The standard InChI is InChI=1S/C21H19N5O3S/c1-15-23-20(26-13-12-22-16(26)2)14-21(24-15)29-18-10-8-17(9-11-18)25-30(27,28)19-6-4-3-5-7-19/h3-14,25H,1-2H3. The van der Waals surface area contributed by atoms with Crippen LogP contribution in [0.4, 0.5) is 5.69 Å². The molecule has 2 heterocycles. The van der Waals surface area contributed by atoms with Crippen LogP contribution in [0.15, 0.2) is 78.0 Å². The molecule has 0 aliphatic rings. The fourth-order valence-corrected chi connectivity index (χ4v) is 3.93. The molecule has 0 bridgehead atoms. The molecular formula is C21H19N5O3S. The van der Waals surface area contributed by atoms with Gasteiger partial charge in [0.15, 0.2) is 0 Å². The number of anilines is 1. The summed E-state index contributed by atoms with van der Waals surface area (Å²) in [4.78, 5) is 13.1. The molecular weight excluding hydrogens is 402 g/mol. The summed E-state index contributed by atoms with van der Waals surface area (Å²) in [7, 11) is -3.65. The van der Waals surface area contributed by atoms with Crippen molar-refractivity contribution in [2.45, 2.75) is 18.7 Å². The van der Waals surface area contributed by atoms with E-state index in [1.54, 1.807) is 61.7 Å². The Hall–Kier alpha value is -3.72. The number of aryl methyl sites for hydroxylation is 2. The average molecular weight is 421 g/mol. The number of ether oxygens (including phenoxy) is 1. The number of rotatable bonds is 6. The Balaban J connectivity index is 1.52. The minimum atomic E-state index is -3.65. The second-order valence-corrected chi connectivity index (χ2v) is 8.18. The fraction of sp³-hybridized carbons (Fsp3) is 0.0952. The number of imidazole rings is 1. The van der Waals surface area contributed by atoms with Gasteiger partial charge in [-0.25, -0.2) is 18.4 Å². The molecule has 4 rings (SSSR count). The first-order chi connectivity index (χ1) is 14.4. The highest BCUT2D eigenvalue weighted by molar-refractivity contribution is 7.92. The third-order valence-electron chi connectivity index (χ3n) is 4.26. The van der Waals surface area contributed by atoms with Crippen molar-refractivity contribution >= 4 is 15.7 Å². The summed E-state index contributed by atoms with van der Waals surface area (Å²) in [5, 5.41) is 0. The maximum atomic E-state index is 12.4. The molecule has 0 atom stereocenters. The molecule has 0 amide bonds. The van der Waals surface area contributed by atoms with E-state index in [2.05, 4.69) is 19.7 Å². The van der Waals surface area contributed by atoms with Crippen molar-refractivity contribution in [2.24, 2.45) is 0 Å². The Morgan fingerprint density at radius 1 is 0.967 bits per heavy atom. The lowest BCUT2D eigenvalue weighted by molar-refractivity contribution is 0.459. The smallest absolute Gasteiger partial charge is 0.261 e. The highest BCUT2D eigenvalue weighted by Crippen LogP contribution is 2.24. The molecule has 30 heavy (non-hydrogen) atoms. The van der Waals surface area contributed by atoms with Crippen LogP contribution in [0.5, 0.6) is 11.6 Å². The second-order valence-electron chi connectivity index (χ2n) is 6.50. The van der Waals surface area contributed by atoms with Gasteiger partial charge in [-0.1, -0.05) is 18.2 Å². The van der Waals surface area contributed by atoms with Crippen LogP contribution in [-0.4, -0.2) is 27.9 Å². The first-order valence-corrected chi connectivity index (χ1v) is 10.6. The molecule has 2 aromatic carbocycles. The quantitative estimate of drug-likeness (QED) is 0.507. The first-order valence-electron chi connectivity index (χ1n) is 9.12. The van der Waals surface area contributed by atoms with Gasteiger partial charge in [0.25, 0.3) is 10.0 Å². The minimum Gasteiger partial charge on any atom is -0.439 e. The van der Waals surface area contributed by atoms with Crippen molar-refractivity contribution in [3.8, 4) is 17.4 Å². The van der Waals surface area contributed by atoms with Crippen LogP contribution < -0.4 is 9.46 Å². The number of hydrogen-bond acceptors (Lipinski definition) is 6. The highest BCUT2D eigenvalue weighted by Gasteiger charge is 2.13. The van der Waals surface area contributed by atoms with E-state index in [9.17, 15) is 8.42 Å². The Morgan fingerprint density at radius 3 is 2.37 bits per heavy atom. The van der Waals surface area contributed by atoms with E-state index in [0.29, 0.717) is 29.0 Å². The van der Waals surface area contributed by atoms with Crippen molar-refractivity contribution in [3.63, 3.8) is 0 Å². The third kappa shape index (κ3) is 4.31. The Morgan fingerprint density at radius 2 is 1.70 bits per heavy atom. The van der Waals surface area contributed by atoms with Crippen molar-refractivity contribution < 1.29 is 13.2 Å². The number of benzene rings is 2. The molecule has 2 aromatic heterocycles. The Kier molecular flexibility index (Phi) is 5.20. The van der Waals surface area contributed by atoms with Gasteiger partial charge in [-0.05, 0) is 50.2 Å². The van der Waals surface area contributed by atoms with Crippen molar-refractivity contribution in [3.05, 3.63) is 84.7 Å². The van der Waals surface area contributed by atoms with Gasteiger partial charge in [0, 0.05) is 24.1 Å². The Labute approximate surface area is 174 Å². The number of nitrogens with one attached hydrogen (secondary N) is 1. The molecule has 0 radical (unpaired) electrons. The SMILES string of the molecule is Cc1nc(Oc2ccc(NS(=O)(=O)c3ccccc3)cc2)cc(-n2ccnc2C)n1. The summed E-state index contributed by atoms with van der Waals surface area (Å²) in [5.74, 6) is 2.91. The average Bonchev–Trinajstić information content (AvgIpc) is 3.15. The molecule has 0 aliphatic heterocycles. The van der Waals surface area contributed by atoms with E-state index in [4.69, 9.17) is 4.74 Å². The van der Waals surface area contributed by atoms with E-state index in [1.165, 1.54) is 12.1 Å². The number of sulfonamides is 1. The van der Waals surface area contributed by atoms with Gasteiger partial charge in [0.1, 0.15) is 23.2 Å². The molecule has 152 valence electrons. The van der Waals surface area contributed by atoms with Gasteiger partial charge in [-0.15, -0.1) is 0 Å².